The molecule has 0 radical (unpaired) electrons. The summed E-state index contributed by atoms with van der Waals surface area (Å²) >= 11 is 0. The standard InChI is InChI=1S/C24H29N3O5S/c1-15-5-7-19(8-6-15)26(4)24(29)18-9-11-27(12-10-18)33(30,31)22-14-21-20(13-16(22)2)25-23(28)17(3)32-21/h5-8,13-14,17-18H,9-12H2,1-4H3,(H,25,28)/t17-/m0/s1. The maximum absolute atomic E-state index is 13.4. The average molecular weight is 472 g/mol. The van der Waals surface area contributed by atoms with Gasteiger partial charge in [0.05, 0.1) is 10.6 Å². The van der Waals surface area contributed by atoms with Gasteiger partial charge in [0.25, 0.3) is 5.91 Å². The highest BCUT2D eigenvalue weighted by molar-refractivity contribution is 7.89. The molecule has 8 nitrogen and oxygen atoms in total. The number of nitrogens with zero attached hydrogens (tertiary/aromatic N) is 2. The Balaban J connectivity index is 1.47. The molecule has 0 spiro atoms. The summed E-state index contributed by atoms with van der Waals surface area (Å²) in [5.41, 5.74) is 2.95. The van der Waals surface area contributed by atoms with E-state index in [1.54, 1.807) is 31.9 Å². The third kappa shape index (κ3) is 4.47. The largest absolute Gasteiger partial charge is 0.479 e. The van der Waals surface area contributed by atoms with Crippen molar-refractivity contribution in [1.82, 2.24) is 4.31 Å². The minimum Gasteiger partial charge on any atom is -0.479 e. The van der Waals surface area contributed by atoms with Gasteiger partial charge < -0.3 is 15.0 Å². The molecule has 2 aliphatic heterocycles. The third-order valence-corrected chi connectivity index (χ3v) is 8.42. The molecule has 176 valence electrons. The Bertz CT molecular complexity index is 1190. The highest BCUT2D eigenvalue weighted by Gasteiger charge is 2.35. The molecular formula is C24H29N3O5S. The van der Waals surface area contributed by atoms with Crippen molar-refractivity contribution < 1.29 is 22.7 Å². The fourth-order valence-electron chi connectivity index (χ4n) is 4.27. The van der Waals surface area contributed by atoms with Gasteiger partial charge in [0.2, 0.25) is 15.9 Å². The molecule has 1 atom stereocenters. The van der Waals surface area contributed by atoms with Crippen molar-refractivity contribution in [2.45, 2.75) is 44.6 Å². The number of ether oxygens (including phenoxy) is 1. The zero-order chi connectivity index (χ0) is 23.9. The van der Waals surface area contributed by atoms with Crippen molar-refractivity contribution in [2.75, 3.05) is 30.4 Å². The Morgan fingerprint density at radius 3 is 2.39 bits per heavy atom. The van der Waals surface area contributed by atoms with E-state index in [0.717, 1.165) is 11.3 Å². The highest BCUT2D eigenvalue weighted by Crippen LogP contribution is 2.36. The topological polar surface area (TPSA) is 96.0 Å². The van der Waals surface area contributed by atoms with Gasteiger partial charge in [0, 0.05) is 37.8 Å². The van der Waals surface area contributed by atoms with Crippen molar-refractivity contribution in [3.63, 3.8) is 0 Å². The number of sulfonamides is 1. The maximum atomic E-state index is 13.4. The van der Waals surface area contributed by atoms with Crippen LogP contribution in [0.1, 0.15) is 30.9 Å². The second kappa shape index (κ2) is 8.79. The van der Waals surface area contributed by atoms with Gasteiger partial charge in [0.1, 0.15) is 5.75 Å². The number of hydrogen-bond acceptors (Lipinski definition) is 5. The lowest BCUT2D eigenvalue weighted by molar-refractivity contribution is -0.123. The van der Waals surface area contributed by atoms with Crippen LogP contribution in [0.15, 0.2) is 41.3 Å². The number of carbonyl (C=O) groups is 2. The van der Waals surface area contributed by atoms with E-state index in [1.807, 2.05) is 31.2 Å². The molecular weight excluding hydrogens is 442 g/mol. The summed E-state index contributed by atoms with van der Waals surface area (Å²) in [4.78, 5) is 26.6. The molecule has 1 saturated heterocycles. The maximum Gasteiger partial charge on any atom is 0.265 e. The van der Waals surface area contributed by atoms with Crippen LogP contribution < -0.4 is 15.0 Å². The average Bonchev–Trinajstić information content (AvgIpc) is 2.79. The first kappa shape index (κ1) is 23.3. The minimum absolute atomic E-state index is 0.000934. The summed E-state index contributed by atoms with van der Waals surface area (Å²) < 4.78 is 33.8. The molecule has 0 unspecified atom stereocenters. The molecule has 0 saturated carbocycles. The van der Waals surface area contributed by atoms with Gasteiger partial charge in [-0.2, -0.15) is 4.31 Å². The summed E-state index contributed by atoms with van der Waals surface area (Å²) in [5, 5.41) is 2.74. The predicted octanol–water partition coefficient (Wildman–Crippen LogP) is 3.09. The molecule has 0 aliphatic carbocycles. The molecule has 2 aromatic carbocycles. The number of aryl methyl sites for hydroxylation is 2. The van der Waals surface area contributed by atoms with E-state index in [1.165, 1.54) is 10.4 Å². The zero-order valence-electron chi connectivity index (χ0n) is 19.3. The van der Waals surface area contributed by atoms with Gasteiger partial charge in [-0.05, 0) is 57.4 Å². The van der Waals surface area contributed by atoms with Crippen LogP contribution in [-0.4, -0.2) is 50.8 Å². The summed E-state index contributed by atoms with van der Waals surface area (Å²) in [7, 11) is -2.01. The Morgan fingerprint density at radius 2 is 1.76 bits per heavy atom. The lowest BCUT2D eigenvalue weighted by Gasteiger charge is -2.33. The Morgan fingerprint density at radius 1 is 1.12 bits per heavy atom. The summed E-state index contributed by atoms with van der Waals surface area (Å²) in [6.07, 6.45) is 0.229. The first-order valence-electron chi connectivity index (χ1n) is 11.0. The van der Waals surface area contributed by atoms with E-state index in [-0.39, 0.29) is 35.7 Å². The molecule has 4 rings (SSSR count). The van der Waals surface area contributed by atoms with Gasteiger partial charge in [-0.15, -0.1) is 0 Å². The number of benzene rings is 2. The van der Waals surface area contributed by atoms with Crippen molar-refractivity contribution in [3.05, 3.63) is 47.5 Å². The summed E-state index contributed by atoms with van der Waals surface area (Å²) in [6, 6.07) is 10.9. The SMILES string of the molecule is Cc1ccc(N(C)C(=O)C2CCN(S(=O)(=O)c3cc4c(cc3C)NC(=O)[C@H](C)O4)CC2)cc1. The zero-order valence-corrected chi connectivity index (χ0v) is 20.1. The van der Waals surface area contributed by atoms with Crippen LogP contribution >= 0.6 is 0 Å². The number of hydrogen-bond donors (Lipinski definition) is 1. The van der Waals surface area contributed by atoms with Crippen LogP contribution in [0.25, 0.3) is 0 Å². The third-order valence-electron chi connectivity index (χ3n) is 6.38. The molecule has 33 heavy (non-hydrogen) atoms. The van der Waals surface area contributed by atoms with Crippen LogP contribution in [0.2, 0.25) is 0 Å². The number of anilines is 2. The summed E-state index contributed by atoms with van der Waals surface area (Å²) in [5.74, 6) is -0.151. The normalized spacial score (nSPS) is 19.4. The molecule has 2 amide bonds. The Labute approximate surface area is 194 Å². The van der Waals surface area contributed by atoms with E-state index in [4.69, 9.17) is 4.74 Å². The first-order valence-corrected chi connectivity index (χ1v) is 12.5. The first-order chi connectivity index (χ1) is 15.6. The van der Waals surface area contributed by atoms with E-state index in [9.17, 15) is 18.0 Å². The van der Waals surface area contributed by atoms with Crippen molar-refractivity contribution in [1.29, 1.82) is 0 Å². The monoisotopic (exact) mass is 471 g/mol. The van der Waals surface area contributed by atoms with Gasteiger partial charge in [-0.3, -0.25) is 9.59 Å². The molecule has 0 bridgehead atoms. The van der Waals surface area contributed by atoms with Gasteiger partial charge in [-0.1, -0.05) is 17.7 Å². The fraction of sp³-hybridized carbons (Fsp3) is 0.417. The number of fused-ring (bicyclic) bond motifs is 1. The number of amides is 2. The number of carbonyl (C=O) groups excluding carboxylic acids is 2. The molecule has 2 aromatic rings. The van der Waals surface area contributed by atoms with Gasteiger partial charge in [-0.25, -0.2) is 8.42 Å². The van der Waals surface area contributed by atoms with Crippen LogP contribution in [-0.2, 0) is 19.6 Å². The second-order valence-corrected chi connectivity index (χ2v) is 10.7. The molecule has 0 aromatic heterocycles. The number of rotatable bonds is 4. The molecule has 2 heterocycles. The van der Waals surface area contributed by atoms with Crippen LogP contribution in [0.3, 0.4) is 0 Å². The Kier molecular flexibility index (Phi) is 6.20. The van der Waals surface area contributed by atoms with E-state index in [2.05, 4.69) is 5.32 Å². The highest BCUT2D eigenvalue weighted by atomic mass is 32.2. The van der Waals surface area contributed by atoms with E-state index in [0.29, 0.717) is 29.8 Å². The predicted molar refractivity (Wildman–Crippen MR) is 126 cm³/mol. The molecule has 2 aliphatic rings. The minimum atomic E-state index is -3.77. The fourth-order valence-corrected chi connectivity index (χ4v) is 5.96. The van der Waals surface area contributed by atoms with Crippen molar-refractivity contribution in [2.24, 2.45) is 5.92 Å². The molecule has 9 heteroatoms. The van der Waals surface area contributed by atoms with Crippen LogP contribution in [0.5, 0.6) is 5.75 Å². The number of nitrogens with one attached hydrogen (secondary N) is 1. The van der Waals surface area contributed by atoms with Crippen LogP contribution in [0.4, 0.5) is 11.4 Å². The van der Waals surface area contributed by atoms with E-state index < -0.39 is 16.1 Å². The molecule has 1 fully saturated rings. The lowest BCUT2D eigenvalue weighted by atomic mass is 9.96. The number of piperidine rings is 1. The van der Waals surface area contributed by atoms with Crippen LogP contribution in [0, 0.1) is 19.8 Å². The van der Waals surface area contributed by atoms with E-state index >= 15 is 0 Å². The second-order valence-electron chi connectivity index (χ2n) is 8.77. The summed E-state index contributed by atoms with van der Waals surface area (Å²) in [6.45, 7) is 5.84. The smallest absolute Gasteiger partial charge is 0.265 e. The van der Waals surface area contributed by atoms with Crippen molar-refractivity contribution in [3.8, 4) is 5.75 Å². The lowest BCUT2D eigenvalue weighted by Crippen LogP contribution is -2.43. The van der Waals surface area contributed by atoms with Crippen molar-refractivity contribution >= 4 is 33.2 Å². The quantitative estimate of drug-likeness (QED) is 0.739. The molecule has 1 N–H and O–H groups in total. The Hall–Kier alpha value is -2.91. The van der Waals surface area contributed by atoms with Gasteiger partial charge in [0.15, 0.2) is 6.10 Å². The van der Waals surface area contributed by atoms with Gasteiger partial charge >= 0.3 is 0 Å².